The summed E-state index contributed by atoms with van der Waals surface area (Å²) in [6, 6.07) is 2.34. The number of rotatable bonds is 7. The first-order valence-electron chi connectivity index (χ1n) is 8.16. The van der Waals surface area contributed by atoms with E-state index in [2.05, 4.69) is 10.1 Å². The predicted molar refractivity (Wildman–Crippen MR) is 92.9 cm³/mol. The molecule has 0 atom stereocenters. The number of aromatic nitrogens is 2. The SMILES string of the molecule is CCOc1cc([N+](=O)[O-])c(C(=O)OCc2nc(C(C)(C)C)no2)cc1OC. The number of nitrogens with zero attached hydrogens (tertiary/aromatic N) is 3. The molecule has 0 aliphatic heterocycles. The molecule has 1 heterocycles. The molecule has 146 valence electrons. The minimum atomic E-state index is -0.918. The van der Waals surface area contributed by atoms with Gasteiger partial charge < -0.3 is 18.7 Å². The van der Waals surface area contributed by atoms with Gasteiger partial charge in [-0.1, -0.05) is 25.9 Å². The molecule has 1 aromatic carbocycles. The third-order valence-corrected chi connectivity index (χ3v) is 3.46. The minimum Gasteiger partial charge on any atom is -0.493 e. The number of hydrogen-bond donors (Lipinski definition) is 0. The number of benzene rings is 1. The largest absolute Gasteiger partial charge is 0.493 e. The fourth-order valence-electron chi connectivity index (χ4n) is 2.11. The second-order valence-corrected chi connectivity index (χ2v) is 6.55. The Bertz CT molecular complexity index is 840. The monoisotopic (exact) mass is 379 g/mol. The van der Waals surface area contributed by atoms with Gasteiger partial charge in [0, 0.05) is 11.5 Å². The van der Waals surface area contributed by atoms with Crippen molar-refractivity contribution in [2.45, 2.75) is 39.7 Å². The van der Waals surface area contributed by atoms with Crippen molar-refractivity contribution in [1.29, 1.82) is 0 Å². The summed E-state index contributed by atoms with van der Waals surface area (Å²) >= 11 is 0. The zero-order chi connectivity index (χ0) is 20.2. The van der Waals surface area contributed by atoms with Crippen LogP contribution in [0.5, 0.6) is 11.5 Å². The molecule has 0 N–H and O–H groups in total. The molecule has 0 aliphatic carbocycles. The lowest BCUT2D eigenvalue weighted by molar-refractivity contribution is -0.385. The fourth-order valence-corrected chi connectivity index (χ4v) is 2.11. The van der Waals surface area contributed by atoms with E-state index in [0.717, 1.165) is 6.07 Å². The van der Waals surface area contributed by atoms with Crippen molar-refractivity contribution < 1.29 is 28.5 Å². The van der Waals surface area contributed by atoms with Crippen LogP contribution in [0.3, 0.4) is 0 Å². The summed E-state index contributed by atoms with van der Waals surface area (Å²) in [6.07, 6.45) is 0. The standard InChI is InChI=1S/C17H21N3O7/c1-6-25-13-8-11(20(22)23)10(7-12(13)24-5)15(21)26-9-14-18-16(19-27-14)17(2,3)4/h7-8H,6,9H2,1-5H3. The highest BCUT2D eigenvalue weighted by atomic mass is 16.6. The quantitative estimate of drug-likeness (QED) is 0.405. The molecule has 0 spiro atoms. The van der Waals surface area contributed by atoms with Crippen LogP contribution in [-0.4, -0.2) is 34.7 Å². The van der Waals surface area contributed by atoms with E-state index in [1.165, 1.54) is 13.2 Å². The third kappa shape index (κ3) is 4.72. The Labute approximate surface area is 155 Å². The lowest BCUT2D eigenvalue weighted by Gasteiger charge is -2.11. The number of ether oxygens (including phenoxy) is 3. The summed E-state index contributed by atoms with van der Waals surface area (Å²) in [5.74, 6) is -0.0215. The van der Waals surface area contributed by atoms with Crippen molar-refractivity contribution in [3.63, 3.8) is 0 Å². The molecule has 0 saturated carbocycles. The van der Waals surface area contributed by atoms with E-state index in [1.54, 1.807) is 6.92 Å². The Morgan fingerprint density at radius 1 is 1.30 bits per heavy atom. The molecule has 27 heavy (non-hydrogen) atoms. The molecule has 0 amide bonds. The molecule has 0 radical (unpaired) electrons. The van der Waals surface area contributed by atoms with E-state index >= 15 is 0 Å². The smallest absolute Gasteiger partial charge is 0.345 e. The van der Waals surface area contributed by atoms with Gasteiger partial charge in [0.15, 0.2) is 23.9 Å². The van der Waals surface area contributed by atoms with Crippen LogP contribution in [0.1, 0.15) is 49.8 Å². The lowest BCUT2D eigenvalue weighted by Crippen LogP contribution is -2.13. The van der Waals surface area contributed by atoms with Crippen molar-refractivity contribution >= 4 is 11.7 Å². The van der Waals surface area contributed by atoms with Crippen LogP contribution in [0, 0.1) is 10.1 Å². The van der Waals surface area contributed by atoms with Gasteiger partial charge in [0.05, 0.1) is 24.7 Å². The molecule has 0 bridgehead atoms. The number of esters is 1. The van der Waals surface area contributed by atoms with Crippen LogP contribution >= 0.6 is 0 Å². The zero-order valence-electron chi connectivity index (χ0n) is 15.8. The number of carbonyl (C=O) groups excluding carboxylic acids is 1. The molecule has 0 fully saturated rings. The van der Waals surface area contributed by atoms with Crippen LogP contribution in [-0.2, 0) is 16.8 Å². The van der Waals surface area contributed by atoms with Gasteiger partial charge in [0.25, 0.3) is 11.6 Å². The molecular weight excluding hydrogens is 358 g/mol. The van der Waals surface area contributed by atoms with E-state index in [1.807, 2.05) is 20.8 Å². The van der Waals surface area contributed by atoms with Gasteiger partial charge in [-0.2, -0.15) is 4.98 Å². The van der Waals surface area contributed by atoms with Crippen molar-refractivity contribution in [2.24, 2.45) is 0 Å². The van der Waals surface area contributed by atoms with Gasteiger partial charge in [0.2, 0.25) is 0 Å². The zero-order valence-corrected chi connectivity index (χ0v) is 15.8. The number of nitro groups is 1. The Kier molecular flexibility index (Phi) is 5.98. The first-order chi connectivity index (χ1) is 12.7. The van der Waals surface area contributed by atoms with E-state index in [-0.39, 0.29) is 41.6 Å². The summed E-state index contributed by atoms with van der Waals surface area (Å²) < 4.78 is 20.6. The van der Waals surface area contributed by atoms with Crippen molar-refractivity contribution in [1.82, 2.24) is 10.1 Å². The molecule has 1 aromatic heterocycles. The third-order valence-electron chi connectivity index (χ3n) is 3.46. The number of methoxy groups -OCH3 is 1. The number of hydrogen-bond acceptors (Lipinski definition) is 9. The topological polar surface area (TPSA) is 127 Å². The summed E-state index contributed by atoms with van der Waals surface area (Å²) in [4.78, 5) is 27.2. The normalized spacial score (nSPS) is 11.1. The molecule has 2 aromatic rings. The average Bonchev–Trinajstić information content (AvgIpc) is 3.09. The van der Waals surface area contributed by atoms with Gasteiger partial charge in [-0.05, 0) is 6.92 Å². The Balaban J connectivity index is 2.24. The molecule has 0 unspecified atom stereocenters. The molecule has 10 nitrogen and oxygen atoms in total. The first-order valence-corrected chi connectivity index (χ1v) is 8.16. The Hall–Kier alpha value is -3.17. The van der Waals surface area contributed by atoms with Gasteiger partial charge in [-0.15, -0.1) is 0 Å². The highest BCUT2D eigenvalue weighted by Crippen LogP contribution is 2.35. The molecule has 0 saturated heterocycles. The first kappa shape index (κ1) is 20.1. The van der Waals surface area contributed by atoms with Gasteiger partial charge in [-0.3, -0.25) is 10.1 Å². The molecule has 10 heteroatoms. The molecule has 2 rings (SSSR count). The second kappa shape index (κ2) is 8.02. The van der Waals surface area contributed by atoms with Crippen LogP contribution in [0.2, 0.25) is 0 Å². The van der Waals surface area contributed by atoms with Crippen molar-refractivity contribution in [3.05, 3.63) is 39.5 Å². The number of nitro benzene ring substituents is 1. The Morgan fingerprint density at radius 2 is 2.00 bits per heavy atom. The van der Waals surface area contributed by atoms with E-state index in [9.17, 15) is 14.9 Å². The maximum absolute atomic E-state index is 12.4. The highest BCUT2D eigenvalue weighted by molar-refractivity contribution is 5.95. The summed E-state index contributed by atoms with van der Waals surface area (Å²) in [5, 5.41) is 15.2. The minimum absolute atomic E-state index is 0.0915. The van der Waals surface area contributed by atoms with Gasteiger partial charge in [-0.25, -0.2) is 4.79 Å². The maximum atomic E-state index is 12.4. The fraction of sp³-hybridized carbons (Fsp3) is 0.471. The van der Waals surface area contributed by atoms with Gasteiger partial charge in [0.1, 0.15) is 5.56 Å². The molecule has 0 aliphatic rings. The molecular formula is C17H21N3O7. The summed E-state index contributed by atoms with van der Waals surface area (Å²) in [7, 11) is 1.37. The van der Waals surface area contributed by atoms with Gasteiger partial charge >= 0.3 is 5.97 Å². The van der Waals surface area contributed by atoms with Crippen LogP contribution in [0.15, 0.2) is 16.7 Å². The highest BCUT2D eigenvalue weighted by Gasteiger charge is 2.27. The predicted octanol–water partition coefficient (Wildman–Crippen LogP) is 3.04. The van der Waals surface area contributed by atoms with E-state index in [0.29, 0.717) is 5.82 Å². The lowest BCUT2D eigenvalue weighted by atomic mass is 9.96. The summed E-state index contributed by atoms with van der Waals surface area (Å²) in [5.41, 5.74) is -1.05. The van der Waals surface area contributed by atoms with E-state index < -0.39 is 16.6 Å². The van der Waals surface area contributed by atoms with Crippen LogP contribution < -0.4 is 9.47 Å². The maximum Gasteiger partial charge on any atom is 0.345 e. The van der Waals surface area contributed by atoms with Crippen LogP contribution in [0.4, 0.5) is 5.69 Å². The van der Waals surface area contributed by atoms with Crippen LogP contribution in [0.25, 0.3) is 0 Å². The van der Waals surface area contributed by atoms with Crippen molar-refractivity contribution in [2.75, 3.05) is 13.7 Å². The second-order valence-electron chi connectivity index (χ2n) is 6.55. The van der Waals surface area contributed by atoms with Crippen molar-refractivity contribution in [3.8, 4) is 11.5 Å². The Morgan fingerprint density at radius 3 is 2.52 bits per heavy atom. The average molecular weight is 379 g/mol. The number of carbonyl (C=O) groups is 1. The summed E-state index contributed by atoms with van der Waals surface area (Å²) in [6.45, 7) is 7.42. The van der Waals surface area contributed by atoms with E-state index in [4.69, 9.17) is 18.7 Å².